The van der Waals surface area contributed by atoms with Gasteiger partial charge in [-0.25, -0.2) is 0 Å². The van der Waals surface area contributed by atoms with E-state index in [0.29, 0.717) is 11.1 Å². The van der Waals surface area contributed by atoms with Crippen molar-refractivity contribution in [2.24, 2.45) is 0 Å². The summed E-state index contributed by atoms with van der Waals surface area (Å²) in [6.07, 6.45) is -1.17. The zero-order valence-corrected chi connectivity index (χ0v) is 10.8. The van der Waals surface area contributed by atoms with Gasteiger partial charge in [0.05, 0.1) is 24.2 Å². The van der Waals surface area contributed by atoms with Crippen molar-refractivity contribution in [3.05, 3.63) is 35.4 Å². The highest BCUT2D eigenvalue weighted by atomic mass is 16.6. The van der Waals surface area contributed by atoms with Gasteiger partial charge in [0.2, 0.25) is 0 Å². The van der Waals surface area contributed by atoms with E-state index in [4.69, 9.17) is 10.00 Å². The fourth-order valence-electron chi connectivity index (χ4n) is 1.54. The van der Waals surface area contributed by atoms with Gasteiger partial charge in [-0.15, -0.1) is 0 Å². The maximum atomic E-state index is 11.6. The van der Waals surface area contributed by atoms with Crippen molar-refractivity contribution >= 4 is 5.97 Å². The van der Waals surface area contributed by atoms with Crippen LogP contribution in [0.1, 0.15) is 44.4 Å². The minimum atomic E-state index is -1.02. The molecule has 0 heterocycles. The number of hydrogen-bond donors (Lipinski definition) is 1. The zero-order chi connectivity index (χ0) is 13.8. The summed E-state index contributed by atoms with van der Waals surface area (Å²) in [5.41, 5.74) is 0.241. The summed E-state index contributed by atoms with van der Waals surface area (Å²) in [5, 5.41) is 18.9. The second-order valence-corrected chi connectivity index (χ2v) is 5.01. The predicted octanol–water partition coefficient (Wildman–Crippen LogP) is 2.32. The summed E-state index contributed by atoms with van der Waals surface area (Å²) >= 11 is 0. The summed E-state index contributed by atoms with van der Waals surface area (Å²) in [5.74, 6) is -0.484. The first-order valence-corrected chi connectivity index (χ1v) is 5.72. The van der Waals surface area contributed by atoms with Crippen LogP contribution in [0, 0.1) is 11.3 Å². The van der Waals surface area contributed by atoms with Crippen molar-refractivity contribution in [1.29, 1.82) is 5.26 Å². The Morgan fingerprint density at radius 2 is 2.06 bits per heavy atom. The molecule has 1 unspecified atom stereocenters. The Balaban J connectivity index is 2.74. The molecule has 1 aromatic rings. The number of benzene rings is 1. The maximum Gasteiger partial charge on any atom is 0.309 e. The van der Waals surface area contributed by atoms with Crippen molar-refractivity contribution in [1.82, 2.24) is 0 Å². The molecule has 0 aliphatic heterocycles. The number of nitrogens with zero attached hydrogens (tertiary/aromatic N) is 1. The van der Waals surface area contributed by atoms with Crippen LogP contribution < -0.4 is 0 Å². The van der Waals surface area contributed by atoms with Crippen LogP contribution >= 0.6 is 0 Å². The Morgan fingerprint density at radius 1 is 1.44 bits per heavy atom. The topological polar surface area (TPSA) is 70.3 Å². The van der Waals surface area contributed by atoms with Crippen LogP contribution in [-0.4, -0.2) is 16.7 Å². The number of carbonyl (C=O) groups excluding carboxylic acids is 1. The number of aliphatic hydroxyl groups excluding tert-OH is 1. The number of nitriles is 1. The van der Waals surface area contributed by atoms with Crippen LogP contribution in [-0.2, 0) is 9.53 Å². The lowest BCUT2D eigenvalue weighted by Gasteiger charge is -2.20. The third-order valence-corrected chi connectivity index (χ3v) is 2.22. The second kappa shape index (κ2) is 5.65. The molecule has 0 aliphatic carbocycles. The van der Waals surface area contributed by atoms with Crippen LogP contribution in [0.2, 0.25) is 0 Å². The number of aliphatic hydroxyl groups is 1. The average Bonchev–Trinajstić information content (AvgIpc) is 2.26. The quantitative estimate of drug-likeness (QED) is 0.832. The van der Waals surface area contributed by atoms with Crippen molar-refractivity contribution in [3.63, 3.8) is 0 Å². The van der Waals surface area contributed by atoms with Gasteiger partial charge in [0.25, 0.3) is 0 Å². The van der Waals surface area contributed by atoms with E-state index >= 15 is 0 Å². The Hall–Kier alpha value is -1.86. The molecule has 4 heteroatoms. The Morgan fingerprint density at radius 3 is 2.61 bits per heavy atom. The molecule has 0 spiro atoms. The van der Waals surface area contributed by atoms with Crippen LogP contribution in [0.4, 0.5) is 0 Å². The molecule has 0 saturated carbocycles. The van der Waals surface area contributed by atoms with Crippen LogP contribution in [0.15, 0.2) is 24.3 Å². The zero-order valence-electron chi connectivity index (χ0n) is 10.8. The minimum absolute atomic E-state index is 0.157. The molecule has 96 valence electrons. The van der Waals surface area contributed by atoms with E-state index in [9.17, 15) is 9.90 Å². The SMILES string of the molecule is CC(C)(C)OC(=O)CC(O)c1ccccc1C#N. The molecule has 1 aromatic carbocycles. The third kappa shape index (κ3) is 4.19. The molecular formula is C14H17NO3. The summed E-state index contributed by atoms with van der Waals surface area (Å²) < 4.78 is 5.12. The largest absolute Gasteiger partial charge is 0.460 e. The van der Waals surface area contributed by atoms with E-state index in [1.54, 1.807) is 45.0 Å². The van der Waals surface area contributed by atoms with E-state index in [0.717, 1.165) is 0 Å². The molecule has 0 fully saturated rings. The van der Waals surface area contributed by atoms with E-state index < -0.39 is 17.7 Å². The highest BCUT2D eigenvalue weighted by molar-refractivity contribution is 5.71. The van der Waals surface area contributed by atoms with E-state index in [1.165, 1.54) is 0 Å². The molecule has 0 aromatic heterocycles. The van der Waals surface area contributed by atoms with E-state index in [-0.39, 0.29) is 6.42 Å². The smallest absolute Gasteiger partial charge is 0.309 e. The molecular weight excluding hydrogens is 230 g/mol. The Bertz CT molecular complexity index is 469. The first-order chi connectivity index (χ1) is 8.33. The second-order valence-electron chi connectivity index (χ2n) is 5.01. The predicted molar refractivity (Wildman–Crippen MR) is 66.6 cm³/mol. The van der Waals surface area contributed by atoms with Crippen molar-refractivity contribution in [2.45, 2.75) is 38.9 Å². The van der Waals surface area contributed by atoms with Gasteiger partial charge in [-0.1, -0.05) is 18.2 Å². The number of ether oxygens (including phenoxy) is 1. The van der Waals surface area contributed by atoms with Gasteiger partial charge in [-0.05, 0) is 32.4 Å². The molecule has 18 heavy (non-hydrogen) atoms. The standard InChI is InChI=1S/C14H17NO3/c1-14(2,3)18-13(17)8-12(16)11-7-5-4-6-10(11)9-15/h4-7,12,16H,8H2,1-3H3. The van der Waals surface area contributed by atoms with Crippen molar-refractivity contribution in [3.8, 4) is 6.07 Å². The van der Waals surface area contributed by atoms with Crippen molar-refractivity contribution < 1.29 is 14.6 Å². The summed E-state index contributed by atoms with van der Waals surface area (Å²) in [4.78, 5) is 11.6. The molecule has 0 saturated heterocycles. The lowest BCUT2D eigenvalue weighted by Crippen LogP contribution is -2.25. The molecule has 0 aliphatic rings. The van der Waals surface area contributed by atoms with Gasteiger partial charge < -0.3 is 9.84 Å². The van der Waals surface area contributed by atoms with Gasteiger partial charge in [-0.2, -0.15) is 5.26 Å². The summed E-state index contributed by atoms with van der Waals surface area (Å²) in [6, 6.07) is 8.65. The highest BCUT2D eigenvalue weighted by Crippen LogP contribution is 2.22. The average molecular weight is 247 g/mol. The maximum absolute atomic E-state index is 11.6. The van der Waals surface area contributed by atoms with Gasteiger partial charge in [-0.3, -0.25) is 4.79 Å². The van der Waals surface area contributed by atoms with E-state index in [2.05, 4.69) is 0 Å². The highest BCUT2D eigenvalue weighted by Gasteiger charge is 2.21. The van der Waals surface area contributed by atoms with Gasteiger partial charge in [0.1, 0.15) is 5.60 Å². The lowest BCUT2D eigenvalue weighted by molar-refractivity contribution is -0.157. The van der Waals surface area contributed by atoms with Crippen LogP contribution in [0.3, 0.4) is 0 Å². The Kier molecular flexibility index (Phi) is 4.46. The molecule has 4 nitrogen and oxygen atoms in total. The fourth-order valence-corrected chi connectivity index (χ4v) is 1.54. The van der Waals surface area contributed by atoms with Crippen LogP contribution in [0.25, 0.3) is 0 Å². The number of carbonyl (C=O) groups is 1. The molecule has 1 rings (SSSR count). The molecule has 0 bridgehead atoms. The van der Waals surface area contributed by atoms with E-state index in [1.807, 2.05) is 6.07 Å². The molecule has 0 radical (unpaired) electrons. The monoisotopic (exact) mass is 247 g/mol. The number of hydrogen-bond acceptors (Lipinski definition) is 4. The lowest BCUT2D eigenvalue weighted by atomic mass is 10.0. The number of esters is 1. The van der Waals surface area contributed by atoms with Gasteiger partial charge in [0.15, 0.2) is 0 Å². The Labute approximate surface area is 107 Å². The summed E-state index contributed by atoms with van der Waals surface area (Å²) in [7, 11) is 0. The fraction of sp³-hybridized carbons (Fsp3) is 0.429. The van der Waals surface area contributed by atoms with Gasteiger partial charge in [0, 0.05) is 0 Å². The molecule has 0 amide bonds. The minimum Gasteiger partial charge on any atom is -0.460 e. The van der Waals surface area contributed by atoms with Gasteiger partial charge >= 0.3 is 5.97 Å². The third-order valence-electron chi connectivity index (χ3n) is 2.22. The normalized spacial score (nSPS) is 12.6. The first kappa shape index (κ1) is 14.2. The summed E-state index contributed by atoms with van der Waals surface area (Å²) in [6.45, 7) is 5.29. The van der Waals surface area contributed by atoms with Crippen LogP contribution in [0.5, 0.6) is 0 Å². The molecule has 1 atom stereocenters. The molecule has 1 N–H and O–H groups in total. The first-order valence-electron chi connectivity index (χ1n) is 5.72. The number of rotatable bonds is 3. The van der Waals surface area contributed by atoms with Crippen molar-refractivity contribution in [2.75, 3.05) is 0 Å².